The van der Waals surface area contributed by atoms with Gasteiger partial charge in [-0.3, -0.25) is 52.8 Å². The number of aromatic nitrogens is 3. The van der Waals surface area contributed by atoms with Crippen LogP contribution in [0.5, 0.6) is 0 Å². The zero-order chi connectivity index (χ0) is 97.6. The average molecular weight is 1870 g/mol. The number of nitrogens with two attached hydrogens (primary N) is 2. The summed E-state index contributed by atoms with van der Waals surface area (Å²) in [6.45, 7) is 20.9. The predicted octanol–water partition coefficient (Wildman–Crippen LogP) is 8.60. The number of imidazole rings is 1. The number of urea groups is 1. The van der Waals surface area contributed by atoms with Crippen LogP contribution in [0, 0.1) is 42.3 Å². The van der Waals surface area contributed by atoms with E-state index >= 15 is 4.39 Å². The number of H-pyrrole nitrogens is 1. The van der Waals surface area contributed by atoms with E-state index in [0.29, 0.717) is 107 Å². The van der Waals surface area contributed by atoms with E-state index in [4.69, 9.17) is 52.0 Å². The van der Waals surface area contributed by atoms with E-state index in [1.165, 1.54) is 50.4 Å². The third-order valence-corrected chi connectivity index (χ3v) is 24.7. The van der Waals surface area contributed by atoms with Crippen molar-refractivity contribution in [2.75, 3.05) is 96.3 Å². The summed E-state index contributed by atoms with van der Waals surface area (Å²) in [6.07, 6.45) is 0.233. The minimum Gasteiger partial charge on any atom is -0.481 e. The quantitative estimate of drug-likeness (QED) is 0.0159. The van der Waals surface area contributed by atoms with Gasteiger partial charge in [0, 0.05) is 115 Å². The SMILES string of the molecule is CC[C@H](C)[C@@H]([C@@H](CC(=O)N1CCC[C@H]1[C@H](OC)[C@@H](C)C(=O)N[C@H](C)[C@@H](O)c1ccccc1)OC)N(C)C(=O)[C@@H](NC(=O)[C@H](C(C)C)N(C)C(=O)OCc1ccc(NC(=O)[C@H](CCCNC(N)=O)NC(=O)[C@@H](NC(=O)[C@H](CCC(=O)O)NC(=O)CCOCCC(=O)NCCNc2ncc(-c3cc(C)cc(F)c3)c(N3CCC(N)CC3)c2-c2nc3ccc(Cl)cc3[nH]2)C(C)C)cc1)C(C)C. The molecule has 133 heavy (non-hydrogen) atoms. The summed E-state index contributed by atoms with van der Waals surface area (Å²) in [5.74, 6) is -8.45. The molecule has 6 aromatic rings. The zero-order valence-corrected chi connectivity index (χ0v) is 79.7. The second kappa shape index (κ2) is 51.6. The fraction of sp³-hybridized carbons (Fsp3) is 0.558. The summed E-state index contributed by atoms with van der Waals surface area (Å²) in [4.78, 5) is 184. The molecule has 13 atom stereocenters. The third-order valence-electron chi connectivity index (χ3n) is 24.4. The number of ether oxygens (including phenoxy) is 4. The number of aliphatic carboxylic acids is 1. The molecule has 2 fully saturated rings. The number of rotatable bonds is 50. The molecule has 0 unspecified atom stereocenters. The Hall–Kier alpha value is -11.6. The molecule has 12 amide bonds. The van der Waals surface area contributed by atoms with Crippen molar-refractivity contribution >= 4 is 111 Å². The van der Waals surface area contributed by atoms with Gasteiger partial charge in [0.15, 0.2) is 0 Å². The molecular formula is C95H136ClFN18O18. The molecule has 0 radical (unpaired) electrons. The van der Waals surface area contributed by atoms with E-state index in [-0.39, 0.29) is 113 Å². The summed E-state index contributed by atoms with van der Waals surface area (Å²) in [6, 6.07) is 16.4. The van der Waals surface area contributed by atoms with E-state index in [9.17, 15) is 67.7 Å². The van der Waals surface area contributed by atoms with Gasteiger partial charge in [-0.15, -0.1) is 0 Å². The maximum Gasteiger partial charge on any atom is 0.410 e. The number of methoxy groups -OCH3 is 2. The minimum absolute atomic E-state index is 0.00862. The lowest BCUT2D eigenvalue weighted by molar-refractivity contribution is -0.148. The highest BCUT2D eigenvalue weighted by atomic mass is 35.5. The molecule has 2 saturated heterocycles. The molecule has 0 saturated carbocycles. The number of hydrogen-bond acceptors (Lipinski definition) is 22. The van der Waals surface area contributed by atoms with Gasteiger partial charge in [-0.25, -0.2) is 23.9 Å². The van der Waals surface area contributed by atoms with Gasteiger partial charge in [0.1, 0.15) is 54.3 Å². The number of likely N-dealkylation sites (N-methyl/N-ethyl adjacent to an activating group) is 2. The van der Waals surface area contributed by atoms with Crippen molar-refractivity contribution in [2.45, 2.75) is 233 Å². The van der Waals surface area contributed by atoms with Crippen molar-refractivity contribution in [2.24, 2.45) is 41.1 Å². The van der Waals surface area contributed by atoms with E-state index in [2.05, 4.69) is 57.7 Å². The largest absolute Gasteiger partial charge is 0.481 e. The van der Waals surface area contributed by atoms with Crippen LogP contribution in [0.2, 0.25) is 5.02 Å². The Labute approximate surface area is 782 Å². The Morgan fingerprint density at radius 3 is 2.00 bits per heavy atom. The first kappa shape index (κ1) is 107. The van der Waals surface area contributed by atoms with Crippen LogP contribution < -0.4 is 64.2 Å². The highest BCUT2D eigenvalue weighted by molar-refractivity contribution is 6.31. The Bertz CT molecular complexity index is 4910. The second-order valence-corrected chi connectivity index (χ2v) is 35.9. The maximum absolute atomic E-state index is 15.1. The van der Waals surface area contributed by atoms with Gasteiger partial charge in [0.25, 0.3) is 0 Å². The Kier molecular flexibility index (Phi) is 41.4. The van der Waals surface area contributed by atoms with E-state index in [1.54, 1.807) is 116 Å². The van der Waals surface area contributed by atoms with Crippen LogP contribution in [-0.2, 0) is 73.5 Å². The normalized spacial score (nSPS) is 16.2. The van der Waals surface area contributed by atoms with E-state index < -0.39 is 156 Å². The lowest BCUT2D eigenvalue weighted by Crippen LogP contribution is -2.60. The lowest BCUT2D eigenvalue weighted by atomic mass is 9.89. The summed E-state index contributed by atoms with van der Waals surface area (Å²) in [5, 5.41) is 46.4. The topological polar surface area (TPSA) is 497 Å². The number of nitrogens with zero attached hydrogens (tertiary/aromatic N) is 6. The number of amides is 12. The van der Waals surface area contributed by atoms with Crippen molar-refractivity contribution in [3.8, 4) is 22.5 Å². The van der Waals surface area contributed by atoms with Crippen molar-refractivity contribution in [3.63, 3.8) is 0 Å². The summed E-state index contributed by atoms with van der Waals surface area (Å²) < 4.78 is 38.6. The van der Waals surface area contributed by atoms with Crippen LogP contribution in [0.4, 0.5) is 31.2 Å². The Balaban J connectivity index is 0.817. The fourth-order valence-corrected chi connectivity index (χ4v) is 17.1. The van der Waals surface area contributed by atoms with Gasteiger partial charge in [0.2, 0.25) is 53.2 Å². The highest BCUT2D eigenvalue weighted by Crippen LogP contribution is 2.44. The average Bonchev–Trinajstić information content (AvgIpc) is 1.70. The number of pyridine rings is 1. The number of aromatic amines is 1. The van der Waals surface area contributed by atoms with Crippen molar-refractivity contribution in [3.05, 3.63) is 125 Å². The first-order chi connectivity index (χ1) is 63.2. The van der Waals surface area contributed by atoms with Crippen LogP contribution >= 0.6 is 11.6 Å². The molecule has 38 heteroatoms. The van der Waals surface area contributed by atoms with Crippen LogP contribution in [0.3, 0.4) is 0 Å². The number of benzene rings is 4. The second-order valence-electron chi connectivity index (χ2n) is 35.5. The molecule has 728 valence electrons. The number of halogens is 2. The lowest BCUT2D eigenvalue weighted by Gasteiger charge is -2.41. The van der Waals surface area contributed by atoms with Gasteiger partial charge >= 0.3 is 18.1 Å². The maximum atomic E-state index is 15.1. The predicted molar refractivity (Wildman–Crippen MR) is 503 cm³/mol. The number of aliphatic hydroxyl groups is 1. The van der Waals surface area contributed by atoms with Gasteiger partial charge < -0.3 is 108 Å². The first-order valence-electron chi connectivity index (χ1n) is 45.7. The number of carbonyl (C=O) groups is 12. The number of fused-ring (bicyclic) bond motifs is 1. The highest BCUT2D eigenvalue weighted by Gasteiger charge is 2.45. The molecule has 2 aromatic heterocycles. The monoisotopic (exact) mass is 1870 g/mol. The van der Waals surface area contributed by atoms with Crippen LogP contribution in [-0.4, -0.2) is 259 Å². The molecule has 0 bridgehead atoms. The number of primary amides is 1. The standard InChI is InChI=1S/C95H136ClFN18O18/c1-16-57(9)82(73(130-14)50-76(118)115-41-21-25-72(115)85(131-15)58(10)88(122)104-59(11)84(121)61-22-18-17-19-23-61)112(12)93(127)80(54(4)5)111-92(126)81(55(6)7)113(13)95(129)133-52-60-26-29-66(30-27-60)105-89(123)69(24-20-38-102-94(99)128)109-91(125)79(53(2)3)110-90(124)70(32-33-77(119)120)106-75(117)37-45-132-44-36-74(116)100-39-40-101-86-78(87-107-68-31-28-63(96)49-71(68)108-87)83(114-42-34-65(98)35-43-114)67(51-103-86)62-46-56(8)47-64(97)48-62/h17-19,22-23,26-31,46-49,51,53-55,57-59,65,69-70,72-73,79-82,84-85,121H,16,20-21,24-25,32-45,50,52,98H2,1-15H3,(H,100,116)(H,101,103)(H,104,122)(H,105,123)(H,106,117)(H,107,108)(H,109,125)(H,110,124)(H,111,126)(H,119,120)(H3,99,102,128)/t57-,58+,59+,69-,70-,72-,73+,79-,80-,81-,82-,84+,85+/m0/s1. The van der Waals surface area contributed by atoms with Gasteiger partial charge in [-0.1, -0.05) is 129 Å². The smallest absolute Gasteiger partial charge is 0.410 e. The van der Waals surface area contributed by atoms with E-state index in [0.717, 1.165) is 16.2 Å². The number of aliphatic hydroxyl groups excluding tert-OH is 1. The Morgan fingerprint density at radius 1 is 0.699 bits per heavy atom. The van der Waals surface area contributed by atoms with Crippen molar-refractivity contribution in [1.82, 2.24) is 66.9 Å². The van der Waals surface area contributed by atoms with Gasteiger partial charge in [-0.2, -0.15) is 0 Å². The number of hydrogen-bond donors (Lipinski definition) is 14. The number of carbonyl (C=O) groups excluding carboxylic acids is 11. The minimum atomic E-state index is -1.46. The number of carboxylic acid groups (broad SMARTS) is 1. The summed E-state index contributed by atoms with van der Waals surface area (Å²) in [7, 11) is 6.01. The van der Waals surface area contributed by atoms with Crippen molar-refractivity contribution < 1.29 is 91.1 Å². The molecule has 16 N–H and O–H groups in total. The molecule has 2 aliphatic heterocycles. The van der Waals surface area contributed by atoms with Crippen LogP contribution in [0.15, 0.2) is 97.2 Å². The van der Waals surface area contributed by atoms with Crippen LogP contribution in [0.1, 0.15) is 169 Å². The number of piperidine rings is 1. The van der Waals surface area contributed by atoms with Gasteiger partial charge in [-0.05, 0) is 147 Å². The first-order valence-corrected chi connectivity index (χ1v) is 46.1. The molecule has 4 heterocycles. The summed E-state index contributed by atoms with van der Waals surface area (Å²) >= 11 is 6.40. The number of carboxylic acids is 1. The van der Waals surface area contributed by atoms with E-state index in [1.807, 2.05) is 45.0 Å². The number of anilines is 3. The fourth-order valence-electron chi connectivity index (χ4n) is 16.9. The zero-order valence-electron chi connectivity index (χ0n) is 78.9. The number of likely N-dealkylation sites (tertiary alicyclic amines) is 1. The Morgan fingerprint density at radius 2 is 1.37 bits per heavy atom. The molecule has 2 aliphatic rings. The molecule has 0 aliphatic carbocycles. The van der Waals surface area contributed by atoms with Gasteiger partial charge in [0.05, 0.1) is 84.3 Å². The molecule has 0 spiro atoms. The summed E-state index contributed by atoms with van der Waals surface area (Å²) in [5.41, 5.74) is 17.8. The molecule has 36 nitrogen and oxygen atoms in total. The molecule has 4 aromatic carbocycles. The number of aryl methyl sites for hydroxylation is 1. The number of nitrogens with one attached hydrogen (secondary N) is 10. The van der Waals surface area contributed by atoms with Crippen molar-refractivity contribution in [1.29, 1.82) is 0 Å². The third kappa shape index (κ3) is 30.7. The van der Waals surface area contributed by atoms with Crippen LogP contribution in [0.25, 0.3) is 33.5 Å². The molecule has 8 rings (SSSR count). The molecular weight excluding hydrogens is 1740 g/mol.